The van der Waals surface area contributed by atoms with Crippen LogP contribution in [0.25, 0.3) is 21.8 Å². The van der Waals surface area contributed by atoms with Crippen molar-refractivity contribution in [1.29, 1.82) is 0 Å². The van der Waals surface area contributed by atoms with Crippen LogP contribution in [0.15, 0.2) is 60.7 Å². The highest BCUT2D eigenvalue weighted by Gasteiger charge is 2.19. The monoisotopic (exact) mass is 384 g/mol. The fourth-order valence-corrected chi connectivity index (χ4v) is 3.64. The van der Waals surface area contributed by atoms with Crippen LogP contribution in [0.4, 0.5) is 11.4 Å². The van der Waals surface area contributed by atoms with E-state index in [1.54, 1.807) is 0 Å². The Bertz CT molecular complexity index is 1070. The highest BCUT2D eigenvalue weighted by Crippen LogP contribution is 2.27. The summed E-state index contributed by atoms with van der Waals surface area (Å²) in [5.74, 6) is 0. The molecule has 0 fully saturated rings. The lowest BCUT2D eigenvalue weighted by atomic mass is 9.93. The second-order valence-corrected chi connectivity index (χ2v) is 8.53. The summed E-state index contributed by atoms with van der Waals surface area (Å²) in [5, 5.41) is 9.65. The summed E-state index contributed by atoms with van der Waals surface area (Å²) >= 11 is 0. The van der Waals surface area contributed by atoms with Crippen LogP contribution in [0.2, 0.25) is 0 Å². The third-order valence-electron chi connectivity index (χ3n) is 5.20. The Labute approximate surface area is 172 Å². The van der Waals surface area contributed by atoms with E-state index in [1.807, 2.05) is 26.0 Å². The van der Waals surface area contributed by atoms with Crippen LogP contribution in [0, 0.1) is 19.3 Å². The Morgan fingerprint density at radius 2 is 1.10 bits per heavy atom. The number of aromatic nitrogens is 2. The van der Waals surface area contributed by atoms with Gasteiger partial charge in [0.2, 0.25) is 0 Å². The number of anilines is 2. The predicted molar refractivity (Wildman–Crippen MR) is 124 cm³/mol. The molecule has 4 aromatic rings. The van der Waals surface area contributed by atoms with E-state index in [0.29, 0.717) is 0 Å². The number of hydrogen-bond donors (Lipinski definition) is 2. The first-order chi connectivity index (χ1) is 13.9. The van der Waals surface area contributed by atoms with E-state index in [-0.39, 0.29) is 5.41 Å². The van der Waals surface area contributed by atoms with Gasteiger partial charge in [0.05, 0.1) is 11.0 Å². The molecule has 0 bridgehead atoms. The summed E-state index contributed by atoms with van der Waals surface area (Å²) in [6, 6.07) is 20.8. The van der Waals surface area contributed by atoms with E-state index in [2.05, 4.69) is 83.0 Å². The van der Waals surface area contributed by atoms with Crippen molar-refractivity contribution in [3.63, 3.8) is 0 Å². The van der Waals surface area contributed by atoms with Gasteiger partial charge in [0.1, 0.15) is 0 Å². The third kappa shape index (κ3) is 4.32. The smallest absolute Gasteiger partial charge is 0.0725 e. The lowest BCUT2D eigenvalue weighted by molar-refractivity contribution is 0.419. The van der Waals surface area contributed by atoms with Crippen LogP contribution in [0.1, 0.15) is 25.2 Å². The minimum atomic E-state index is 0.0521. The molecule has 4 rings (SSSR count). The van der Waals surface area contributed by atoms with E-state index in [0.717, 1.165) is 57.7 Å². The van der Waals surface area contributed by atoms with Gasteiger partial charge in [0, 0.05) is 46.6 Å². The Morgan fingerprint density at radius 1 is 0.690 bits per heavy atom. The predicted octanol–water partition coefficient (Wildman–Crippen LogP) is 5.95. The van der Waals surface area contributed by atoms with Gasteiger partial charge in [0.15, 0.2) is 0 Å². The molecule has 0 aliphatic heterocycles. The van der Waals surface area contributed by atoms with Gasteiger partial charge in [-0.15, -0.1) is 0 Å². The lowest BCUT2D eigenvalue weighted by Gasteiger charge is -2.27. The van der Waals surface area contributed by atoms with Crippen LogP contribution < -0.4 is 10.6 Å². The topological polar surface area (TPSA) is 49.8 Å². The molecule has 0 amide bonds. The summed E-state index contributed by atoms with van der Waals surface area (Å²) in [5.41, 5.74) is 6.46. The van der Waals surface area contributed by atoms with Gasteiger partial charge in [-0.3, -0.25) is 9.97 Å². The molecule has 29 heavy (non-hydrogen) atoms. The molecular weight excluding hydrogens is 356 g/mol. The summed E-state index contributed by atoms with van der Waals surface area (Å²) in [6.45, 7) is 10.4. The maximum atomic E-state index is 4.64. The molecule has 0 unspecified atom stereocenters. The zero-order valence-electron chi connectivity index (χ0n) is 17.6. The number of benzene rings is 2. The number of rotatable bonds is 6. The lowest BCUT2D eigenvalue weighted by Crippen LogP contribution is -2.31. The van der Waals surface area contributed by atoms with Crippen LogP contribution in [0.3, 0.4) is 0 Å². The Morgan fingerprint density at radius 3 is 1.55 bits per heavy atom. The Kier molecular flexibility index (Phi) is 5.10. The number of para-hydroxylation sites is 2. The molecule has 2 heterocycles. The van der Waals surface area contributed by atoms with Crippen molar-refractivity contribution in [2.75, 3.05) is 23.7 Å². The number of hydrogen-bond acceptors (Lipinski definition) is 4. The molecule has 4 heteroatoms. The van der Waals surface area contributed by atoms with Crippen molar-refractivity contribution in [2.24, 2.45) is 5.41 Å². The largest absolute Gasteiger partial charge is 0.384 e. The first-order valence-electron chi connectivity index (χ1n) is 10.1. The maximum absolute atomic E-state index is 4.64. The molecule has 0 saturated heterocycles. The number of nitrogens with one attached hydrogen (secondary N) is 2. The summed E-state index contributed by atoms with van der Waals surface area (Å²) in [6.07, 6.45) is 0. The van der Waals surface area contributed by atoms with Gasteiger partial charge in [-0.05, 0) is 43.5 Å². The van der Waals surface area contributed by atoms with Crippen molar-refractivity contribution in [1.82, 2.24) is 9.97 Å². The van der Waals surface area contributed by atoms with Crippen LogP contribution >= 0.6 is 0 Å². The zero-order chi connectivity index (χ0) is 20.4. The minimum Gasteiger partial charge on any atom is -0.384 e. The van der Waals surface area contributed by atoms with E-state index >= 15 is 0 Å². The molecule has 2 aromatic carbocycles. The third-order valence-corrected chi connectivity index (χ3v) is 5.20. The molecule has 0 aliphatic rings. The number of fused-ring (bicyclic) bond motifs is 2. The van der Waals surface area contributed by atoms with Gasteiger partial charge < -0.3 is 10.6 Å². The molecule has 0 atom stereocenters. The highest BCUT2D eigenvalue weighted by atomic mass is 14.9. The van der Waals surface area contributed by atoms with Crippen molar-refractivity contribution >= 4 is 33.2 Å². The van der Waals surface area contributed by atoms with Crippen LogP contribution in [-0.4, -0.2) is 23.1 Å². The van der Waals surface area contributed by atoms with Gasteiger partial charge in [-0.1, -0.05) is 50.2 Å². The van der Waals surface area contributed by atoms with Crippen molar-refractivity contribution in [3.8, 4) is 0 Å². The van der Waals surface area contributed by atoms with Gasteiger partial charge in [-0.25, -0.2) is 0 Å². The van der Waals surface area contributed by atoms with Gasteiger partial charge >= 0.3 is 0 Å². The van der Waals surface area contributed by atoms with Gasteiger partial charge in [0.25, 0.3) is 0 Å². The van der Waals surface area contributed by atoms with E-state index < -0.39 is 0 Å². The molecule has 0 spiro atoms. The average molecular weight is 385 g/mol. The second kappa shape index (κ2) is 7.70. The molecule has 0 aliphatic carbocycles. The summed E-state index contributed by atoms with van der Waals surface area (Å²) in [4.78, 5) is 9.27. The average Bonchev–Trinajstić information content (AvgIpc) is 2.70. The molecule has 2 aromatic heterocycles. The quantitative estimate of drug-likeness (QED) is 0.431. The number of aryl methyl sites for hydroxylation is 2. The summed E-state index contributed by atoms with van der Waals surface area (Å²) < 4.78 is 0. The van der Waals surface area contributed by atoms with E-state index in [9.17, 15) is 0 Å². The van der Waals surface area contributed by atoms with Crippen LogP contribution in [-0.2, 0) is 0 Å². The Balaban J connectivity index is 1.50. The molecule has 2 N–H and O–H groups in total. The Hall–Kier alpha value is -3.14. The molecule has 0 radical (unpaired) electrons. The zero-order valence-corrected chi connectivity index (χ0v) is 17.6. The van der Waals surface area contributed by atoms with Crippen molar-refractivity contribution in [3.05, 3.63) is 72.1 Å². The number of nitrogens with zero attached hydrogens (tertiary/aromatic N) is 2. The first-order valence-corrected chi connectivity index (χ1v) is 10.1. The fraction of sp³-hybridized carbons (Fsp3) is 0.280. The van der Waals surface area contributed by atoms with Crippen molar-refractivity contribution in [2.45, 2.75) is 27.7 Å². The SMILES string of the molecule is Cc1cc(NCC(C)(C)CNc2cc(C)nc3ccccc23)c2ccccc2n1. The second-order valence-electron chi connectivity index (χ2n) is 8.53. The van der Waals surface area contributed by atoms with Crippen LogP contribution in [0.5, 0.6) is 0 Å². The minimum absolute atomic E-state index is 0.0521. The molecule has 0 saturated carbocycles. The fourth-order valence-electron chi connectivity index (χ4n) is 3.64. The normalized spacial score (nSPS) is 11.7. The van der Waals surface area contributed by atoms with Crippen molar-refractivity contribution < 1.29 is 0 Å². The number of pyridine rings is 2. The molecular formula is C25H28N4. The summed E-state index contributed by atoms with van der Waals surface area (Å²) in [7, 11) is 0. The molecule has 4 nitrogen and oxygen atoms in total. The standard InChI is InChI=1S/C25H28N4/c1-17-13-23(19-9-5-7-11-21(19)28-17)26-15-25(3,4)16-27-24-14-18(2)29-22-12-8-6-10-20(22)24/h5-14H,15-16H2,1-4H3,(H,26,28)(H,27,29). The highest BCUT2D eigenvalue weighted by molar-refractivity contribution is 5.92. The van der Waals surface area contributed by atoms with Gasteiger partial charge in [-0.2, -0.15) is 0 Å². The van der Waals surface area contributed by atoms with E-state index in [4.69, 9.17) is 0 Å². The first kappa shape index (κ1) is 19.2. The maximum Gasteiger partial charge on any atom is 0.0725 e. The molecule has 148 valence electrons. The van der Waals surface area contributed by atoms with E-state index in [1.165, 1.54) is 0 Å².